The normalized spacial score (nSPS) is 8.00. The van der Waals surface area contributed by atoms with E-state index in [9.17, 15) is 20.2 Å². The van der Waals surface area contributed by atoms with Crippen molar-refractivity contribution in [2.75, 3.05) is 0 Å². The van der Waals surface area contributed by atoms with E-state index in [0.29, 0.717) is 6.07 Å². The van der Waals surface area contributed by atoms with E-state index in [4.69, 9.17) is 17.4 Å². The van der Waals surface area contributed by atoms with E-state index >= 15 is 0 Å². The van der Waals surface area contributed by atoms with Crippen molar-refractivity contribution < 1.29 is 116 Å². The average molecular weight is 376 g/mol. The Morgan fingerprint density at radius 2 is 1.35 bits per heavy atom. The van der Waals surface area contributed by atoms with Crippen LogP contribution >= 0.6 is 0 Å². The van der Waals surface area contributed by atoms with Crippen molar-refractivity contribution in [2.45, 2.75) is 0 Å². The molecule has 0 atom stereocenters. The van der Waals surface area contributed by atoms with Crippen LogP contribution in [0.4, 0.5) is 11.4 Å². The van der Waals surface area contributed by atoms with E-state index in [0.717, 1.165) is 12.1 Å². The predicted molar refractivity (Wildman–Crippen MR) is 47.2 cm³/mol. The molecule has 0 radical (unpaired) electrons. The van der Waals surface area contributed by atoms with E-state index in [2.05, 4.69) is 0 Å². The zero-order chi connectivity index (χ0) is 13.6. The van der Waals surface area contributed by atoms with E-state index in [1.807, 2.05) is 0 Å². The van der Waals surface area contributed by atoms with Gasteiger partial charge in [-0.1, -0.05) is 0 Å². The summed E-state index contributed by atoms with van der Waals surface area (Å²) in [6.07, 6.45) is 0. The fraction of sp³-hybridized carbons (Fsp3) is 0. The first-order valence-electron chi connectivity index (χ1n) is 3.69. The van der Waals surface area contributed by atoms with Gasteiger partial charge in [0.25, 0.3) is 5.69 Å². The fourth-order valence-corrected chi connectivity index (χ4v) is 0.772. The van der Waals surface area contributed by atoms with Gasteiger partial charge in [-0.25, -0.2) is 0 Å². The summed E-state index contributed by atoms with van der Waals surface area (Å²) in [4.78, 5) is 18.7. The first-order chi connectivity index (χ1) is 7.75. The molecule has 1 N–H and O–H groups in total. The standard InChI is InChI=1S/C6H4N2O5.AsO3.3Na/c9-6-2-1-4(7(10)11)3-5(6)8(12)13;2-1(3)4;;;/h1-3,9H;;;;/q;-3;3*+1. The number of nitro benzene ring substituents is 2. The summed E-state index contributed by atoms with van der Waals surface area (Å²) in [5, 5.41) is 29.3. The van der Waals surface area contributed by atoms with Crippen LogP contribution in [0.5, 0.6) is 5.75 Å². The number of phenols is 1. The first kappa shape index (κ1) is 29.3. The third-order valence-corrected chi connectivity index (χ3v) is 1.37. The number of non-ortho nitro benzene ring substituents is 1. The summed E-state index contributed by atoms with van der Waals surface area (Å²) in [7, 11) is 0. The number of hydrogen-bond donors (Lipinski definition) is 1. The number of rotatable bonds is 2. The Morgan fingerprint density at radius 1 is 0.950 bits per heavy atom. The molecule has 1 aromatic carbocycles. The maximum absolute atomic E-state index is 10.2. The molecule has 0 aliphatic carbocycles. The van der Waals surface area contributed by atoms with Gasteiger partial charge in [0.05, 0.1) is 15.9 Å². The minimum absolute atomic E-state index is 0. The molecular weight excluding hydrogens is 372 g/mol. The Hall–Kier alpha value is 1.26. The van der Waals surface area contributed by atoms with Gasteiger partial charge in [0.2, 0.25) is 0 Å². The second kappa shape index (κ2) is 15.2. The second-order valence-corrected chi connectivity index (χ2v) is 3.35. The second-order valence-electron chi connectivity index (χ2n) is 2.41. The molecule has 1 rings (SSSR count). The molecule has 94 valence electrons. The molecule has 0 saturated heterocycles. The van der Waals surface area contributed by atoms with Crippen molar-refractivity contribution in [1.82, 2.24) is 0 Å². The van der Waals surface area contributed by atoms with Crippen molar-refractivity contribution in [3.63, 3.8) is 0 Å². The van der Waals surface area contributed by atoms with Crippen molar-refractivity contribution in [3.05, 3.63) is 38.4 Å². The van der Waals surface area contributed by atoms with E-state index in [-0.39, 0.29) is 88.7 Å². The Balaban J connectivity index is -0.000000164. The fourth-order valence-electron chi connectivity index (χ4n) is 0.772. The number of nitro groups is 2. The van der Waals surface area contributed by atoms with Gasteiger partial charge in [0.1, 0.15) is 0 Å². The summed E-state index contributed by atoms with van der Waals surface area (Å²) in [5.74, 6) is -0.587. The number of nitrogens with zero attached hydrogens (tertiary/aromatic N) is 2. The summed E-state index contributed by atoms with van der Waals surface area (Å²) in [6.45, 7) is 0. The maximum atomic E-state index is 10.2. The number of hydrogen-bond acceptors (Lipinski definition) is 8. The van der Waals surface area contributed by atoms with Crippen molar-refractivity contribution >= 4 is 27.1 Å². The van der Waals surface area contributed by atoms with Gasteiger partial charge in [0.15, 0.2) is 5.75 Å². The van der Waals surface area contributed by atoms with Crippen LogP contribution in [0.3, 0.4) is 0 Å². The van der Waals surface area contributed by atoms with Crippen LogP contribution in [0.1, 0.15) is 0 Å². The predicted octanol–water partition coefficient (Wildman–Crippen LogP) is -11.7. The Labute approximate surface area is 184 Å². The number of phenolic OH excluding ortho intramolecular Hbond substituents is 1. The molecule has 0 bridgehead atoms. The summed E-state index contributed by atoms with van der Waals surface area (Å²) >= 11 is -3.94. The van der Waals surface area contributed by atoms with Crippen molar-refractivity contribution in [2.24, 2.45) is 0 Å². The van der Waals surface area contributed by atoms with Crippen LogP contribution in [0, 0.1) is 20.2 Å². The van der Waals surface area contributed by atoms with E-state index in [1.165, 1.54) is 0 Å². The SMILES string of the molecule is O=[N+]([O-])c1ccc(O)c([N+](=O)[O-])c1.[Na+].[Na+].[Na+].[O-][As]([O-])[O-]. The van der Waals surface area contributed by atoms with Crippen LogP contribution in [-0.4, -0.2) is 30.6 Å². The van der Waals surface area contributed by atoms with Gasteiger partial charge >= 0.3 is 122 Å². The summed E-state index contributed by atoms with van der Waals surface area (Å²) in [6, 6.07) is 2.61. The molecule has 0 saturated carbocycles. The summed E-state index contributed by atoms with van der Waals surface area (Å²) in [5.41, 5.74) is -1.10. The average Bonchev–Trinajstić information content (AvgIpc) is 2.16. The molecule has 0 aromatic heterocycles. The van der Waals surface area contributed by atoms with Crippen LogP contribution in [0.25, 0.3) is 0 Å². The van der Waals surface area contributed by atoms with Crippen LogP contribution in [-0.2, 0) is 0 Å². The molecule has 0 aliphatic rings. The molecule has 0 spiro atoms. The van der Waals surface area contributed by atoms with Gasteiger partial charge in [-0.15, -0.1) is 0 Å². The zero-order valence-corrected chi connectivity index (χ0v) is 18.8. The molecule has 10 nitrogen and oxygen atoms in total. The molecule has 0 fully saturated rings. The third-order valence-electron chi connectivity index (χ3n) is 1.37. The van der Waals surface area contributed by atoms with Crippen molar-refractivity contribution in [1.29, 1.82) is 0 Å². The van der Waals surface area contributed by atoms with Crippen LogP contribution in [0.15, 0.2) is 18.2 Å². The zero-order valence-electron chi connectivity index (χ0n) is 10.9. The monoisotopic (exact) mass is 376 g/mol. The van der Waals surface area contributed by atoms with E-state index < -0.39 is 42.6 Å². The Kier molecular flexibility index (Phi) is 22.2. The molecule has 1 aromatic rings. The summed E-state index contributed by atoms with van der Waals surface area (Å²) < 4.78 is 25.7. The van der Waals surface area contributed by atoms with Crippen molar-refractivity contribution in [3.8, 4) is 5.75 Å². The third kappa shape index (κ3) is 13.0. The molecule has 0 heterocycles. The van der Waals surface area contributed by atoms with Gasteiger partial charge in [-0.3, -0.25) is 20.2 Å². The van der Waals surface area contributed by atoms with Crippen LogP contribution < -0.4 is 101 Å². The number of aromatic hydroxyl groups is 1. The topological polar surface area (TPSA) is 176 Å². The minimum atomic E-state index is -3.94. The molecular formula is C6H4AsN2Na3O8. The number of benzene rings is 1. The quantitative estimate of drug-likeness (QED) is 0.301. The van der Waals surface area contributed by atoms with Gasteiger partial charge in [-0.2, -0.15) is 0 Å². The van der Waals surface area contributed by atoms with Gasteiger partial charge in [0, 0.05) is 6.07 Å². The van der Waals surface area contributed by atoms with E-state index in [1.54, 1.807) is 0 Å². The Bertz CT molecular complexity index is 432. The molecule has 0 amide bonds. The molecule has 0 unspecified atom stereocenters. The Morgan fingerprint density at radius 3 is 1.65 bits per heavy atom. The van der Waals surface area contributed by atoms with Gasteiger partial charge in [-0.05, 0) is 6.07 Å². The molecule has 0 aliphatic heterocycles. The first-order valence-corrected chi connectivity index (χ1v) is 5.99. The molecule has 14 heteroatoms. The van der Waals surface area contributed by atoms with Gasteiger partial charge < -0.3 is 5.11 Å². The van der Waals surface area contributed by atoms with Crippen LogP contribution in [0.2, 0.25) is 0 Å². The molecule has 20 heavy (non-hydrogen) atoms.